The number of carbonyl (C=O) groups excluding carboxylic acids is 1. The number of hydrogen-bond acceptors (Lipinski definition) is 3. The molecule has 0 spiro atoms. The quantitative estimate of drug-likeness (QED) is 0.880. The topological polar surface area (TPSA) is 38.3 Å². The van der Waals surface area contributed by atoms with Crippen LogP contribution < -0.4 is 10.1 Å². The van der Waals surface area contributed by atoms with E-state index in [0.717, 1.165) is 30.7 Å². The molecule has 0 bridgehead atoms. The van der Waals surface area contributed by atoms with E-state index in [0.29, 0.717) is 6.10 Å². The second-order valence-corrected chi connectivity index (χ2v) is 7.70. The van der Waals surface area contributed by atoms with Crippen LogP contribution in [0.25, 0.3) is 0 Å². The lowest BCUT2D eigenvalue weighted by molar-refractivity contribution is -0.115. The van der Waals surface area contributed by atoms with E-state index in [9.17, 15) is 4.79 Å². The normalized spacial score (nSPS) is 19.9. The molecule has 2 aromatic rings. The van der Waals surface area contributed by atoms with Gasteiger partial charge in [-0.3, -0.25) is 4.79 Å². The van der Waals surface area contributed by atoms with Gasteiger partial charge in [0.2, 0.25) is 5.91 Å². The Labute approximate surface area is 146 Å². The molecular formula is C20H21NO2S. The number of carbonyl (C=O) groups is 1. The predicted octanol–water partition coefficient (Wildman–Crippen LogP) is 4.66. The van der Waals surface area contributed by atoms with Crippen molar-refractivity contribution >= 4 is 23.4 Å². The molecule has 1 aliphatic carbocycles. The van der Waals surface area contributed by atoms with Gasteiger partial charge >= 0.3 is 0 Å². The van der Waals surface area contributed by atoms with Gasteiger partial charge in [-0.2, -0.15) is 0 Å². The van der Waals surface area contributed by atoms with Gasteiger partial charge in [-0.25, -0.2) is 0 Å². The molecule has 0 saturated heterocycles. The van der Waals surface area contributed by atoms with Crippen LogP contribution in [0.3, 0.4) is 0 Å². The summed E-state index contributed by atoms with van der Waals surface area (Å²) in [4.78, 5) is 13.7. The van der Waals surface area contributed by atoms with E-state index in [4.69, 9.17) is 4.74 Å². The Hall–Kier alpha value is -1.94. The first-order chi connectivity index (χ1) is 11.8. The second kappa shape index (κ2) is 6.89. The van der Waals surface area contributed by atoms with Crippen molar-refractivity contribution in [1.29, 1.82) is 0 Å². The van der Waals surface area contributed by atoms with Gasteiger partial charge in [0.05, 0.1) is 11.4 Å². The summed E-state index contributed by atoms with van der Waals surface area (Å²) in [5, 5.41) is 2.98. The fraction of sp³-hybridized carbons (Fsp3) is 0.350. The van der Waals surface area contributed by atoms with E-state index in [2.05, 4.69) is 17.4 Å². The zero-order valence-corrected chi connectivity index (χ0v) is 14.4. The standard InChI is InChI=1S/C20H21NO2S/c22-20(19-13-14-5-1-4-8-18(14)24-19)21-15-9-11-17(12-10-15)23-16-6-2-3-7-16/h1,4-5,8-12,16,19H,2-3,6-7,13H2,(H,21,22)/t19-/m1/s1. The summed E-state index contributed by atoms with van der Waals surface area (Å²) in [5.41, 5.74) is 2.10. The highest BCUT2D eigenvalue weighted by atomic mass is 32.2. The van der Waals surface area contributed by atoms with E-state index in [1.807, 2.05) is 36.4 Å². The highest BCUT2D eigenvalue weighted by Gasteiger charge is 2.28. The number of anilines is 1. The molecule has 2 aromatic carbocycles. The summed E-state index contributed by atoms with van der Waals surface area (Å²) in [5.74, 6) is 0.961. The molecule has 4 rings (SSSR count). The average Bonchev–Trinajstić information content (AvgIpc) is 3.25. The van der Waals surface area contributed by atoms with Gasteiger partial charge in [0.25, 0.3) is 0 Å². The van der Waals surface area contributed by atoms with Crippen molar-refractivity contribution < 1.29 is 9.53 Å². The number of hydrogen-bond donors (Lipinski definition) is 1. The molecule has 2 aliphatic rings. The molecule has 3 nitrogen and oxygen atoms in total. The van der Waals surface area contributed by atoms with Crippen molar-refractivity contribution in [3.8, 4) is 5.75 Å². The lowest BCUT2D eigenvalue weighted by Crippen LogP contribution is -2.24. The largest absolute Gasteiger partial charge is 0.490 e. The van der Waals surface area contributed by atoms with Crippen LogP contribution in [-0.2, 0) is 11.2 Å². The van der Waals surface area contributed by atoms with Crippen molar-refractivity contribution in [2.45, 2.75) is 48.4 Å². The lowest BCUT2D eigenvalue weighted by Gasteiger charge is -2.14. The van der Waals surface area contributed by atoms with Crippen LogP contribution in [-0.4, -0.2) is 17.3 Å². The molecule has 0 aromatic heterocycles. The number of fused-ring (bicyclic) bond motifs is 1. The first-order valence-corrected chi connectivity index (χ1v) is 9.48. The van der Waals surface area contributed by atoms with Crippen LogP contribution in [0.15, 0.2) is 53.4 Å². The minimum atomic E-state index is -0.0446. The van der Waals surface area contributed by atoms with E-state index in [1.165, 1.54) is 23.3 Å². The van der Waals surface area contributed by atoms with Crippen molar-refractivity contribution in [1.82, 2.24) is 0 Å². The monoisotopic (exact) mass is 339 g/mol. The molecule has 1 heterocycles. The molecule has 1 atom stereocenters. The number of thioether (sulfide) groups is 1. The van der Waals surface area contributed by atoms with Crippen LogP contribution in [0.5, 0.6) is 5.75 Å². The molecule has 0 unspecified atom stereocenters. The molecule has 4 heteroatoms. The molecular weight excluding hydrogens is 318 g/mol. The highest BCUT2D eigenvalue weighted by Crippen LogP contribution is 2.37. The Morgan fingerprint density at radius 2 is 1.79 bits per heavy atom. The van der Waals surface area contributed by atoms with Gasteiger partial charge in [-0.05, 0) is 68.0 Å². The molecule has 0 radical (unpaired) electrons. The molecule has 124 valence electrons. The van der Waals surface area contributed by atoms with Gasteiger partial charge in [0.15, 0.2) is 0 Å². The Kier molecular flexibility index (Phi) is 4.48. The number of ether oxygens (including phenoxy) is 1. The summed E-state index contributed by atoms with van der Waals surface area (Å²) in [7, 11) is 0. The Morgan fingerprint density at radius 1 is 1.04 bits per heavy atom. The summed E-state index contributed by atoms with van der Waals surface area (Å²) in [6, 6.07) is 16.0. The highest BCUT2D eigenvalue weighted by molar-refractivity contribution is 8.01. The molecule has 1 fully saturated rings. The lowest BCUT2D eigenvalue weighted by atomic mass is 10.1. The molecule has 1 saturated carbocycles. The van der Waals surface area contributed by atoms with Gasteiger partial charge in [-0.1, -0.05) is 18.2 Å². The van der Waals surface area contributed by atoms with Crippen molar-refractivity contribution in [3.63, 3.8) is 0 Å². The van der Waals surface area contributed by atoms with Crippen molar-refractivity contribution in [2.24, 2.45) is 0 Å². The van der Waals surface area contributed by atoms with Gasteiger partial charge in [-0.15, -0.1) is 11.8 Å². The molecule has 1 amide bonds. The number of rotatable bonds is 4. The van der Waals surface area contributed by atoms with E-state index < -0.39 is 0 Å². The van der Waals surface area contributed by atoms with Crippen LogP contribution in [0.4, 0.5) is 5.69 Å². The van der Waals surface area contributed by atoms with Gasteiger partial charge < -0.3 is 10.1 Å². The smallest absolute Gasteiger partial charge is 0.238 e. The third kappa shape index (κ3) is 3.44. The van der Waals surface area contributed by atoms with Gasteiger partial charge in [0.1, 0.15) is 5.75 Å². The Morgan fingerprint density at radius 3 is 2.54 bits per heavy atom. The third-order valence-electron chi connectivity index (χ3n) is 4.67. The average molecular weight is 339 g/mol. The van der Waals surface area contributed by atoms with Crippen LogP contribution >= 0.6 is 11.8 Å². The summed E-state index contributed by atoms with van der Waals surface area (Å²) < 4.78 is 5.96. The van der Waals surface area contributed by atoms with Crippen molar-refractivity contribution in [3.05, 3.63) is 54.1 Å². The number of amides is 1. The van der Waals surface area contributed by atoms with Crippen LogP contribution in [0, 0.1) is 0 Å². The maximum absolute atomic E-state index is 12.5. The first kappa shape index (κ1) is 15.6. The number of benzene rings is 2. The maximum Gasteiger partial charge on any atom is 0.238 e. The third-order valence-corrected chi connectivity index (χ3v) is 5.98. The zero-order chi connectivity index (χ0) is 16.4. The van der Waals surface area contributed by atoms with Crippen LogP contribution in [0.2, 0.25) is 0 Å². The fourth-order valence-electron chi connectivity index (χ4n) is 3.37. The van der Waals surface area contributed by atoms with Gasteiger partial charge in [0, 0.05) is 10.6 Å². The molecule has 1 aliphatic heterocycles. The molecule has 24 heavy (non-hydrogen) atoms. The van der Waals surface area contributed by atoms with Crippen LogP contribution in [0.1, 0.15) is 31.2 Å². The summed E-state index contributed by atoms with van der Waals surface area (Å²) in [6.45, 7) is 0. The second-order valence-electron chi connectivity index (χ2n) is 6.46. The van der Waals surface area contributed by atoms with Crippen molar-refractivity contribution in [2.75, 3.05) is 5.32 Å². The Balaban J connectivity index is 1.34. The molecule has 1 N–H and O–H groups in total. The SMILES string of the molecule is O=C(Nc1ccc(OC2CCCC2)cc1)[C@H]1Cc2ccccc2S1. The summed E-state index contributed by atoms with van der Waals surface area (Å²) in [6.07, 6.45) is 5.99. The minimum absolute atomic E-state index is 0.0446. The Bertz CT molecular complexity index is 698. The van der Waals surface area contributed by atoms with E-state index in [1.54, 1.807) is 11.8 Å². The van der Waals surface area contributed by atoms with E-state index >= 15 is 0 Å². The summed E-state index contributed by atoms with van der Waals surface area (Å²) >= 11 is 1.65. The maximum atomic E-state index is 12.5. The minimum Gasteiger partial charge on any atom is -0.490 e. The first-order valence-electron chi connectivity index (χ1n) is 8.60. The predicted molar refractivity (Wildman–Crippen MR) is 97.7 cm³/mol. The van der Waals surface area contributed by atoms with E-state index in [-0.39, 0.29) is 11.2 Å². The number of nitrogens with one attached hydrogen (secondary N) is 1. The fourth-order valence-corrected chi connectivity index (χ4v) is 4.56. The zero-order valence-electron chi connectivity index (χ0n) is 13.5.